The van der Waals surface area contributed by atoms with Crippen LogP contribution in [-0.2, 0) is 11.2 Å². The van der Waals surface area contributed by atoms with E-state index >= 15 is 0 Å². The van der Waals surface area contributed by atoms with Crippen molar-refractivity contribution in [2.45, 2.75) is 19.8 Å². The molecule has 1 N–H and O–H groups in total. The summed E-state index contributed by atoms with van der Waals surface area (Å²) >= 11 is 2.04. The van der Waals surface area contributed by atoms with E-state index in [0.29, 0.717) is 0 Å². The molecule has 0 heterocycles. The van der Waals surface area contributed by atoms with Crippen molar-refractivity contribution in [1.82, 2.24) is 5.32 Å². The molecule has 19 heavy (non-hydrogen) atoms. The molecular formula is C16H27NOS. The Morgan fingerprint density at radius 1 is 1.26 bits per heavy atom. The van der Waals surface area contributed by atoms with Crippen LogP contribution in [0.25, 0.3) is 0 Å². The van der Waals surface area contributed by atoms with Crippen molar-refractivity contribution in [3.05, 3.63) is 35.9 Å². The highest BCUT2D eigenvalue weighted by atomic mass is 32.2. The Labute approximate surface area is 122 Å². The van der Waals surface area contributed by atoms with E-state index in [2.05, 4.69) is 42.6 Å². The lowest BCUT2D eigenvalue weighted by molar-refractivity contribution is 0.197. The first-order chi connectivity index (χ1) is 9.36. The van der Waals surface area contributed by atoms with Gasteiger partial charge in [0.1, 0.15) is 0 Å². The molecule has 108 valence electrons. The highest BCUT2D eigenvalue weighted by molar-refractivity contribution is 7.99. The highest BCUT2D eigenvalue weighted by Crippen LogP contribution is 2.15. The van der Waals surface area contributed by atoms with Crippen LogP contribution < -0.4 is 5.32 Å². The molecule has 1 unspecified atom stereocenters. The predicted molar refractivity (Wildman–Crippen MR) is 86.0 cm³/mol. The first-order valence-electron chi connectivity index (χ1n) is 7.18. The van der Waals surface area contributed by atoms with Gasteiger partial charge in [-0.3, -0.25) is 0 Å². The van der Waals surface area contributed by atoms with E-state index in [0.717, 1.165) is 25.6 Å². The van der Waals surface area contributed by atoms with Gasteiger partial charge < -0.3 is 10.1 Å². The first kappa shape index (κ1) is 16.5. The molecular weight excluding hydrogens is 254 g/mol. The number of rotatable bonds is 11. The molecule has 0 saturated heterocycles. The Bertz CT molecular complexity index is 305. The third-order valence-corrected chi connectivity index (χ3v) is 4.09. The summed E-state index contributed by atoms with van der Waals surface area (Å²) < 4.78 is 5.07. The Morgan fingerprint density at radius 2 is 2.05 bits per heavy atom. The van der Waals surface area contributed by atoms with Crippen LogP contribution in [-0.4, -0.2) is 38.3 Å². The van der Waals surface area contributed by atoms with Gasteiger partial charge in [0, 0.05) is 13.7 Å². The summed E-state index contributed by atoms with van der Waals surface area (Å²) in [6, 6.07) is 10.8. The molecule has 1 aromatic carbocycles. The van der Waals surface area contributed by atoms with Crippen molar-refractivity contribution in [1.29, 1.82) is 0 Å². The first-order valence-corrected chi connectivity index (χ1v) is 8.33. The average molecular weight is 281 g/mol. The highest BCUT2D eigenvalue weighted by Gasteiger charge is 2.09. The van der Waals surface area contributed by atoms with Gasteiger partial charge in [-0.2, -0.15) is 11.8 Å². The van der Waals surface area contributed by atoms with Crippen LogP contribution in [0.5, 0.6) is 0 Å². The number of hydrogen-bond donors (Lipinski definition) is 1. The van der Waals surface area contributed by atoms with Gasteiger partial charge in [0.2, 0.25) is 0 Å². The summed E-state index contributed by atoms with van der Waals surface area (Å²) in [5.41, 5.74) is 1.45. The third kappa shape index (κ3) is 8.30. The van der Waals surface area contributed by atoms with Gasteiger partial charge in [-0.1, -0.05) is 37.3 Å². The van der Waals surface area contributed by atoms with E-state index < -0.39 is 0 Å². The van der Waals surface area contributed by atoms with E-state index in [9.17, 15) is 0 Å². The molecule has 0 bridgehead atoms. The van der Waals surface area contributed by atoms with Gasteiger partial charge in [-0.05, 0) is 42.4 Å². The minimum Gasteiger partial charge on any atom is -0.383 e. The van der Waals surface area contributed by atoms with Crippen molar-refractivity contribution in [3.8, 4) is 0 Å². The maximum atomic E-state index is 5.07. The van der Waals surface area contributed by atoms with Crippen molar-refractivity contribution >= 4 is 11.8 Å². The third-order valence-electron chi connectivity index (χ3n) is 3.16. The summed E-state index contributed by atoms with van der Waals surface area (Å²) in [4.78, 5) is 0. The van der Waals surface area contributed by atoms with Gasteiger partial charge in [0.15, 0.2) is 0 Å². The predicted octanol–water partition coefficient (Wildman–Crippen LogP) is 3.22. The van der Waals surface area contributed by atoms with E-state index in [1.165, 1.54) is 29.9 Å². The summed E-state index contributed by atoms with van der Waals surface area (Å²) in [5.74, 6) is 3.20. The molecule has 0 fully saturated rings. The SMILES string of the molecule is CCSCCC(CNCCOC)Cc1ccccc1. The summed E-state index contributed by atoms with van der Waals surface area (Å²) in [6.45, 7) is 5.06. The molecule has 0 aromatic heterocycles. The van der Waals surface area contributed by atoms with Gasteiger partial charge in [0.25, 0.3) is 0 Å². The van der Waals surface area contributed by atoms with Crippen LogP contribution in [0.2, 0.25) is 0 Å². The number of methoxy groups -OCH3 is 1. The largest absolute Gasteiger partial charge is 0.383 e. The average Bonchev–Trinajstić information content (AvgIpc) is 2.44. The second-order valence-corrected chi connectivity index (χ2v) is 6.13. The van der Waals surface area contributed by atoms with Crippen molar-refractivity contribution < 1.29 is 4.74 Å². The summed E-state index contributed by atoms with van der Waals surface area (Å²) in [5, 5.41) is 3.50. The van der Waals surface area contributed by atoms with Crippen LogP contribution in [0.15, 0.2) is 30.3 Å². The molecule has 1 rings (SSSR count). The summed E-state index contributed by atoms with van der Waals surface area (Å²) in [7, 11) is 1.75. The number of benzene rings is 1. The topological polar surface area (TPSA) is 21.3 Å². The Hall–Kier alpha value is -0.510. The van der Waals surface area contributed by atoms with Gasteiger partial charge in [-0.15, -0.1) is 0 Å². The Morgan fingerprint density at radius 3 is 2.74 bits per heavy atom. The van der Waals surface area contributed by atoms with Gasteiger partial charge in [0.05, 0.1) is 6.61 Å². The van der Waals surface area contributed by atoms with Crippen molar-refractivity contribution in [2.24, 2.45) is 5.92 Å². The van der Waals surface area contributed by atoms with Gasteiger partial charge >= 0.3 is 0 Å². The Balaban J connectivity index is 2.35. The standard InChI is InChI=1S/C16H27NOS/c1-3-19-12-9-16(14-17-10-11-18-2)13-15-7-5-4-6-8-15/h4-8,16-17H,3,9-14H2,1-2H3. The molecule has 0 aliphatic heterocycles. The molecule has 0 amide bonds. The monoisotopic (exact) mass is 281 g/mol. The lowest BCUT2D eigenvalue weighted by Gasteiger charge is -2.17. The molecule has 0 aliphatic rings. The maximum Gasteiger partial charge on any atom is 0.0587 e. The van der Waals surface area contributed by atoms with E-state index in [1.54, 1.807) is 7.11 Å². The van der Waals surface area contributed by atoms with Crippen LogP contribution in [0.1, 0.15) is 18.9 Å². The number of hydrogen-bond acceptors (Lipinski definition) is 3. The van der Waals surface area contributed by atoms with Crippen LogP contribution in [0, 0.1) is 5.92 Å². The molecule has 2 nitrogen and oxygen atoms in total. The zero-order valence-electron chi connectivity index (χ0n) is 12.2. The van der Waals surface area contributed by atoms with E-state index in [4.69, 9.17) is 4.74 Å². The van der Waals surface area contributed by atoms with Crippen LogP contribution in [0.3, 0.4) is 0 Å². The minimum absolute atomic E-state index is 0.721. The number of ether oxygens (including phenoxy) is 1. The van der Waals surface area contributed by atoms with Crippen molar-refractivity contribution in [2.75, 3.05) is 38.3 Å². The van der Waals surface area contributed by atoms with E-state index in [-0.39, 0.29) is 0 Å². The smallest absolute Gasteiger partial charge is 0.0587 e. The summed E-state index contributed by atoms with van der Waals surface area (Å²) in [6.07, 6.45) is 2.46. The molecule has 0 aliphatic carbocycles. The fourth-order valence-electron chi connectivity index (χ4n) is 2.10. The second kappa shape index (κ2) is 11.3. The molecule has 0 radical (unpaired) electrons. The molecule has 1 atom stereocenters. The number of nitrogens with one attached hydrogen (secondary N) is 1. The van der Waals surface area contributed by atoms with E-state index in [1.807, 2.05) is 11.8 Å². The fourth-order valence-corrected chi connectivity index (χ4v) is 2.89. The van der Waals surface area contributed by atoms with Gasteiger partial charge in [-0.25, -0.2) is 0 Å². The quantitative estimate of drug-likeness (QED) is 0.629. The Kier molecular flexibility index (Phi) is 9.86. The maximum absolute atomic E-state index is 5.07. The molecule has 3 heteroatoms. The zero-order valence-corrected chi connectivity index (χ0v) is 13.0. The molecule has 0 saturated carbocycles. The second-order valence-electron chi connectivity index (χ2n) is 4.74. The zero-order chi connectivity index (χ0) is 13.8. The number of thioether (sulfide) groups is 1. The normalized spacial score (nSPS) is 12.5. The minimum atomic E-state index is 0.721. The van der Waals surface area contributed by atoms with Crippen LogP contribution in [0.4, 0.5) is 0 Å². The molecule has 0 spiro atoms. The fraction of sp³-hybridized carbons (Fsp3) is 0.625. The lowest BCUT2D eigenvalue weighted by Crippen LogP contribution is -2.27. The molecule has 1 aromatic rings. The lowest BCUT2D eigenvalue weighted by atomic mass is 9.97. The van der Waals surface area contributed by atoms with Crippen LogP contribution >= 0.6 is 11.8 Å². The van der Waals surface area contributed by atoms with Crippen molar-refractivity contribution in [3.63, 3.8) is 0 Å².